The van der Waals surface area contributed by atoms with Crippen LogP contribution in [0.2, 0.25) is 0 Å². The van der Waals surface area contributed by atoms with Crippen molar-refractivity contribution in [2.75, 3.05) is 5.32 Å². The molecule has 0 spiro atoms. The maximum atomic E-state index is 12.7. The maximum absolute atomic E-state index is 12.7. The first-order valence-electron chi connectivity index (χ1n) is 11.2. The Hall–Kier alpha value is -2.89. The van der Waals surface area contributed by atoms with Gasteiger partial charge < -0.3 is 4.42 Å². The van der Waals surface area contributed by atoms with E-state index < -0.39 is 5.91 Å². The van der Waals surface area contributed by atoms with Gasteiger partial charge >= 0.3 is 0 Å². The third kappa shape index (κ3) is 6.12. The van der Waals surface area contributed by atoms with Gasteiger partial charge in [-0.2, -0.15) is 5.26 Å². The van der Waals surface area contributed by atoms with E-state index in [9.17, 15) is 10.1 Å². The van der Waals surface area contributed by atoms with Gasteiger partial charge in [0.15, 0.2) is 5.09 Å². The summed E-state index contributed by atoms with van der Waals surface area (Å²) in [4.78, 5) is 12.7. The molecule has 6 nitrogen and oxygen atoms in total. The second kappa shape index (κ2) is 11.3. The Kier molecular flexibility index (Phi) is 7.97. The number of hydrogen-bond donors (Lipinski definition) is 1. The summed E-state index contributed by atoms with van der Waals surface area (Å²) in [6, 6.07) is 15.8. The molecule has 8 heteroatoms. The molecule has 1 unspecified atom stereocenters. The van der Waals surface area contributed by atoms with Crippen LogP contribution in [0.5, 0.6) is 0 Å². The van der Waals surface area contributed by atoms with E-state index in [1.165, 1.54) is 49.5 Å². The largest absolute Gasteiger partial charge is 0.450 e. The molecule has 0 bridgehead atoms. The number of carbonyl (C=O) groups is 1. The van der Waals surface area contributed by atoms with Crippen LogP contribution < -0.4 is 5.32 Å². The molecule has 0 radical (unpaired) electrons. The highest BCUT2D eigenvalue weighted by Crippen LogP contribution is 2.35. The van der Waals surface area contributed by atoms with E-state index >= 15 is 0 Å². The number of hydrogen-bond acceptors (Lipinski definition) is 7. The smallest absolute Gasteiger partial charge is 0.268 e. The van der Waals surface area contributed by atoms with Crippen molar-refractivity contribution in [3.8, 4) is 6.07 Å². The van der Waals surface area contributed by atoms with Crippen LogP contribution in [0.25, 0.3) is 6.08 Å². The van der Waals surface area contributed by atoms with Gasteiger partial charge in [-0.3, -0.25) is 10.1 Å². The third-order valence-electron chi connectivity index (χ3n) is 5.66. The van der Waals surface area contributed by atoms with Gasteiger partial charge in [0, 0.05) is 17.2 Å². The molecular weight excluding hydrogens is 452 g/mol. The number of nitrogens with zero attached hydrogens (tertiary/aromatic N) is 3. The third-order valence-corrected chi connectivity index (χ3v) is 7.87. The van der Waals surface area contributed by atoms with Crippen molar-refractivity contribution in [1.82, 2.24) is 10.2 Å². The number of carbonyl (C=O) groups excluding carboxylic acids is 1. The SMILES string of the molecule is CCC(c1ccccc1)c1nnc(NC(=O)/C(C#N)=C\c2ccc(SC3CCCCC3)o2)s1. The molecule has 33 heavy (non-hydrogen) atoms. The molecule has 0 saturated heterocycles. The molecule has 1 atom stereocenters. The average molecular weight is 479 g/mol. The lowest BCUT2D eigenvalue weighted by atomic mass is 9.97. The fourth-order valence-electron chi connectivity index (χ4n) is 3.94. The summed E-state index contributed by atoms with van der Waals surface area (Å²) in [5.74, 6) is 0.0856. The van der Waals surface area contributed by atoms with Gasteiger partial charge in [-0.15, -0.1) is 10.2 Å². The van der Waals surface area contributed by atoms with E-state index in [1.807, 2.05) is 30.3 Å². The van der Waals surface area contributed by atoms with Gasteiger partial charge in [-0.25, -0.2) is 0 Å². The number of thioether (sulfide) groups is 1. The van der Waals surface area contributed by atoms with Crippen molar-refractivity contribution < 1.29 is 9.21 Å². The van der Waals surface area contributed by atoms with Crippen molar-refractivity contribution in [2.45, 2.75) is 61.7 Å². The fraction of sp³-hybridized carbons (Fsp3) is 0.360. The number of nitriles is 1. The highest BCUT2D eigenvalue weighted by atomic mass is 32.2. The zero-order valence-electron chi connectivity index (χ0n) is 18.5. The van der Waals surface area contributed by atoms with Gasteiger partial charge in [0.2, 0.25) is 5.13 Å². The minimum Gasteiger partial charge on any atom is -0.450 e. The van der Waals surface area contributed by atoms with Crippen LogP contribution in [-0.2, 0) is 4.79 Å². The second-order valence-corrected chi connectivity index (χ2v) is 10.3. The minimum atomic E-state index is -0.522. The van der Waals surface area contributed by atoms with Gasteiger partial charge in [0.1, 0.15) is 22.4 Å². The number of anilines is 1. The van der Waals surface area contributed by atoms with E-state index in [4.69, 9.17) is 4.42 Å². The molecule has 3 aromatic rings. The molecule has 2 heterocycles. The molecule has 2 aromatic heterocycles. The Labute approximate surface area is 202 Å². The standard InChI is InChI=1S/C25H26N4O2S2/c1-2-21(17-9-5-3-6-10-17)24-28-29-25(33-24)27-23(30)18(16-26)15-19-13-14-22(31-19)32-20-11-7-4-8-12-20/h3,5-6,9-10,13-15,20-21H,2,4,7-8,11-12H2,1H3,(H,27,29,30)/b18-15-. The predicted molar refractivity (Wildman–Crippen MR) is 132 cm³/mol. The van der Waals surface area contributed by atoms with Crippen LogP contribution in [-0.4, -0.2) is 21.4 Å². The van der Waals surface area contributed by atoms with Crippen molar-refractivity contribution in [3.63, 3.8) is 0 Å². The first kappa shape index (κ1) is 23.3. The van der Waals surface area contributed by atoms with Gasteiger partial charge in [0.25, 0.3) is 5.91 Å². The zero-order valence-corrected chi connectivity index (χ0v) is 20.1. The van der Waals surface area contributed by atoms with E-state index in [-0.39, 0.29) is 11.5 Å². The van der Waals surface area contributed by atoms with E-state index in [0.717, 1.165) is 22.1 Å². The molecule has 1 saturated carbocycles. The van der Waals surface area contributed by atoms with Crippen LogP contribution in [0.4, 0.5) is 5.13 Å². The van der Waals surface area contributed by atoms with E-state index in [0.29, 0.717) is 16.1 Å². The molecular formula is C25H26N4O2S2. The summed E-state index contributed by atoms with van der Waals surface area (Å²) in [6.07, 6.45) is 8.59. The van der Waals surface area contributed by atoms with Gasteiger partial charge in [-0.1, -0.05) is 79.6 Å². The molecule has 1 aromatic carbocycles. The van der Waals surface area contributed by atoms with Crippen molar-refractivity contribution >= 4 is 40.2 Å². The highest BCUT2D eigenvalue weighted by Gasteiger charge is 2.20. The maximum Gasteiger partial charge on any atom is 0.268 e. The molecule has 170 valence electrons. The van der Waals surface area contributed by atoms with E-state index in [1.54, 1.807) is 17.8 Å². The molecule has 1 aliphatic rings. The Bertz CT molecular complexity index is 1140. The number of nitrogens with one attached hydrogen (secondary N) is 1. The van der Waals surface area contributed by atoms with Crippen LogP contribution in [0, 0.1) is 11.3 Å². The molecule has 1 amide bonds. The summed E-state index contributed by atoms with van der Waals surface area (Å²) in [7, 11) is 0. The number of benzene rings is 1. The number of furan rings is 1. The number of aromatic nitrogens is 2. The highest BCUT2D eigenvalue weighted by molar-refractivity contribution is 7.99. The van der Waals surface area contributed by atoms with Crippen LogP contribution in [0.3, 0.4) is 0 Å². The first-order valence-corrected chi connectivity index (χ1v) is 12.9. The lowest BCUT2D eigenvalue weighted by molar-refractivity contribution is -0.112. The lowest BCUT2D eigenvalue weighted by Gasteiger charge is -2.19. The van der Waals surface area contributed by atoms with Crippen LogP contribution in [0.1, 0.15) is 67.7 Å². The Balaban J connectivity index is 1.41. The Morgan fingerprint density at radius 2 is 2.03 bits per heavy atom. The normalized spacial score (nSPS) is 15.7. The summed E-state index contributed by atoms with van der Waals surface area (Å²) < 4.78 is 5.85. The zero-order chi connectivity index (χ0) is 23.0. The summed E-state index contributed by atoms with van der Waals surface area (Å²) >= 11 is 3.07. The summed E-state index contributed by atoms with van der Waals surface area (Å²) in [5, 5.41) is 23.2. The Morgan fingerprint density at radius 1 is 1.24 bits per heavy atom. The average Bonchev–Trinajstić information content (AvgIpc) is 3.49. The van der Waals surface area contributed by atoms with Crippen molar-refractivity contribution in [2.24, 2.45) is 0 Å². The fourth-order valence-corrected chi connectivity index (χ4v) is 6.08. The van der Waals surface area contributed by atoms with Crippen molar-refractivity contribution in [1.29, 1.82) is 5.26 Å². The Morgan fingerprint density at radius 3 is 2.76 bits per heavy atom. The number of amides is 1. The van der Waals surface area contributed by atoms with Crippen LogP contribution in [0.15, 0.2) is 57.5 Å². The van der Waals surface area contributed by atoms with Gasteiger partial charge in [-0.05, 0) is 37.0 Å². The minimum absolute atomic E-state index is 0.0367. The quantitative estimate of drug-likeness (QED) is 0.288. The molecule has 1 N–H and O–H groups in total. The molecule has 1 aliphatic carbocycles. The number of rotatable bonds is 8. The first-order chi connectivity index (χ1) is 16.2. The summed E-state index contributed by atoms with van der Waals surface area (Å²) in [5.41, 5.74) is 1.12. The topological polar surface area (TPSA) is 91.8 Å². The monoisotopic (exact) mass is 478 g/mol. The van der Waals surface area contributed by atoms with E-state index in [2.05, 4.69) is 34.6 Å². The molecule has 0 aliphatic heterocycles. The predicted octanol–water partition coefficient (Wildman–Crippen LogP) is 6.64. The lowest BCUT2D eigenvalue weighted by Crippen LogP contribution is -2.13. The molecule has 4 rings (SSSR count). The van der Waals surface area contributed by atoms with Crippen LogP contribution >= 0.6 is 23.1 Å². The van der Waals surface area contributed by atoms with Crippen molar-refractivity contribution in [3.05, 3.63) is 64.4 Å². The second-order valence-electron chi connectivity index (χ2n) is 7.98. The molecule has 1 fully saturated rings. The summed E-state index contributed by atoms with van der Waals surface area (Å²) in [6.45, 7) is 2.10. The van der Waals surface area contributed by atoms with Gasteiger partial charge in [0.05, 0.1) is 0 Å².